The van der Waals surface area contributed by atoms with Crippen LogP contribution in [0.15, 0.2) is 24.3 Å². The molecule has 0 spiro atoms. The number of hydrogen-bond donors (Lipinski definition) is 0. The van der Waals surface area contributed by atoms with Crippen LogP contribution < -0.4 is 0 Å². The summed E-state index contributed by atoms with van der Waals surface area (Å²) < 4.78 is 0. The van der Waals surface area contributed by atoms with Gasteiger partial charge < -0.3 is 33.6 Å². The van der Waals surface area contributed by atoms with Crippen molar-refractivity contribution in [1.82, 2.24) is 0 Å². The van der Waals surface area contributed by atoms with Gasteiger partial charge in [0.25, 0.3) is 0 Å². The van der Waals surface area contributed by atoms with Crippen molar-refractivity contribution in [2.75, 3.05) is 0 Å². The molecule has 2 saturated carbocycles. The summed E-state index contributed by atoms with van der Waals surface area (Å²) in [5.74, 6) is 1.72. The Morgan fingerprint density at radius 1 is 0.742 bits per heavy atom. The molecule has 0 saturated heterocycles. The predicted molar refractivity (Wildman–Crippen MR) is 97.6 cm³/mol. The SMILES string of the molecule is [CH2-]CC1[CH-]CCC1.[CH2-]CC1[CH-]CCC1.[CH2-]Cc1[c-]cccc1.[W+2].[W+2].[W+2].[W].[W].[W].[W].[W].[W]. The first kappa shape index (κ1) is 60.8. The van der Waals surface area contributed by atoms with Crippen molar-refractivity contribution >= 4 is 0 Å². The molecule has 9 heteroatoms. The molecule has 0 aromatic heterocycles. The van der Waals surface area contributed by atoms with E-state index in [-0.39, 0.29) is 190 Å². The van der Waals surface area contributed by atoms with Crippen molar-refractivity contribution in [2.24, 2.45) is 11.8 Å². The average molecular weight is 1950 g/mol. The van der Waals surface area contributed by atoms with Crippen LogP contribution in [0.5, 0.6) is 0 Å². The molecule has 0 aliphatic heterocycles. The van der Waals surface area contributed by atoms with E-state index in [1.807, 2.05) is 24.3 Å². The van der Waals surface area contributed by atoms with E-state index in [1.165, 1.54) is 44.1 Å². The van der Waals surface area contributed by atoms with E-state index in [1.54, 1.807) is 0 Å². The molecule has 0 amide bonds. The molecule has 0 bridgehead atoms. The summed E-state index contributed by atoms with van der Waals surface area (Å²) >= 11 is 0. The molecule has 0 N–H and O–H groups in total. The van der Waals surface area contributed by atoms with Gasteiger partial charge in [-0.15, -0.1) is 0 Å². The standard InChI is InChI=1S/C8H8.2C7H12.9W/c1-2-8-6-4-3-5-7-8;2*1-2-7-5-3-4-6-7;;;;;;;;;/h3-6H,1-2H2;2*5,7H,1-4,6H2;;;;;;;;;/q3*-2;;;;;;;3*+2. The van der Waals surface area contributed by atoms with Gasteiger partial charge in [0.05, 0.1) is 0 Å². The fourth-order valence-corrected chi connectivity index (χ4v) is 2.81. The van der Waals surface area contributed by atoms with E-state index in [4.69, 9.17) is 0 Å². The van der Waals surface area contributed by atoms with E-state index in [0.717, 1.165) is 31.1 Å². The van der Waals surface area contributed by atoms with Crippen LogP contribution in [-0.4, -0.2) is 0 Å². The minimum Gasteiger partial charge on any atom is -0.345 e. The zero-order valence-electron chi connectivity index (χ0n) is 17.8. The van der Waals surface area contributed by atoms with E-state index < -0.39 is 0 Å². The quantitative estimate of drug-likeness (QED) is 0.314. The van der Waals surface area contributed by atoms with E-state index in [2.05, 4.69) is 39.7 Å². The zero-order valence-corrected chi connectivity index (χ0v) is 44.2. The Kier molecular flexibility index (Phi) is 88.9. The second-order valence-corrected chi connectivity index (χ2v) is 6.07. The van der Waals surface area contributed by atoms with Crippen molar-refractivity contribution in [3.63, 3.8) is 0 Å². The van der Waals surface area contributed by atoms with Gasteiger partial charge in [-0.1, -0.05) is 25.7 Å². The van der Waals surface area contributed by atoms with Gasteiger partial charge in [-0.25, -0.2) is 12.8 Å². The van der Waals surface area contributed by atoms with Crippen molar-refractivity contribution in [3.8, 4) is 0 Å². The van der Waals surface area contributed by atoms with Crippen LogP contribution >= 0.6 is 0 Å². The maximum Gasteiger partial charge on any atom is 2.00 e. The van der Waals surface area contributed by atoms with Gasteiger partial charge in [0.15, 0.2) is 0 Å². The van der Waals surface area contributed by atoms with Gasteiger partial charge in [0.1, 0.15) is 0 Å². The minimum atomic E-state index is 0. The molecule has 31 heavy (non-hydrogen) atoms. The summed E-state index contributed by atoms with van der Waals surface area (Å²) in [5, 5.41) is 0. The van der Waals surface area contributed by atoms with Crippen molar-refractivity contribution in [1.29, 1.82) is 0 Å². The molecule has 174 valence electrons. The van der Waals surface area contributed by atoms with Crippen LogP contribution in [0.25, 0.3) is 0 Å². The van der Waals surface area contributed by atoms with Gasteiger partial charge >= 0.3 is 63.2 Å². The predicted octanol–water partition coefficient (Wildman–Crippen LogP) is 6.27. The fourth-order valence-electron chi connectivity index (χ4n) is 2.81. The third-order valence-electron chi connectivity index (χ3n) is 4.34. The monoisotopic (exact) mass is 1950 g/mol. The first-order chi connectivity index (χ1) is 10.8. The number of benzene rings is 1. The summed E-state index contributed by atoms with van der Waals surface area (Å²) in [6.45, 7) is 11.4. The fraction of sp³-hybridized carbons (Fsp3) is 0.500. The van der Waals surface area contributed by atoms with Crippen molar-refractivity contribution in [2.45, 2.75) is 57.8 Å². The zero-order chi connectivity index (χ0) is 16.0. The maximum atomic E-state index is 3.84. The molecule has 0 nitrogen and oxygen atoms in total. The Morgan fingerprint density at radius 2 is 1.16 bits per heavy atom. The summed E-state index contributed by atoms with van der Waals surface area (Å²) in [4.78, 5) is 0. The van der Waals surface area contributed by atoms with Gasteiger partial charge in [-0.05, 0) is 0 Å². The molecule has 3 rings (SSSR count). The Hall–Kier alpha value is 5.41. The topological polar surface area (TPSA) is 0 Å². The van der Waals surface area contributed by atoms with Crippen molar-refractivity contribution < 1.29 is 190 Å². The first-order valence-corrected chi connectivity index (χ1v) is 8.80. The molecule has 0 radical (unpaired) electrons. The van der Waals surface area contributed by atoms with Crippen LogP contribution in [0.2, 0.25) is 0 Å². The Labute approximate surface area is 323 Å². The van der Waals surface area contributed by atoms with Gasteiger partial charge in [0, 0.05) is 126 Å². The van der Waals surface area contributed by atoms with E-state index in [0.29, 0.717) is 0 Å². The largest absolute Gasteiger partial charge is 2.00 e. The minimum absolute atomic E-state index is 0. The van der Waals surface area contributed by atoms with Gasteiger partial charge in [-0.2, -0.15) is 67.0 Å². The molecule has 2 atom stereocenters. The van der Waals surface area contributed by atoms with Gasteiger partial charge in [0.2, 0.25) is 0 Å². The van der Waals surface area contributed by atoms with E-state index in [9.17, 15) is 0 Å². The van der Waals surface area contributed by atoms with Crippen LogP contribution in [-0.2, 0) is 196 Å². The third kappa shape index (κ3) is 35.4. The molecule has 1 aromatic carbocycles. The molecular formula is C22H32W9. The summed E-state index contributed by atoms with van der Waals surface area (Å²) in [5.41, 5.74) is 1.17. The second-order valence-electron chi connectivity index (χ2n) is 6.07. The third-order valence-corrected chi connectivity index (χ3v) is 4.34. The smallest absolute Gasteiger partial charge is 0.345 e. The molecular weight excluding hydrogens is 1920 g/mol. The summed E-state index contributed by atoms with van der Waals surface area (Å²) in [6, 6.07) is 10.9. The van der Waals surface area contributed by atoms with Crippen LogP contribution in [0, 0.1) is 51.5 Å². The van der Waals surface area contributed by atoms with E-state index >= 15 is 0 Å². The Morgan fingerprint density at radius 3 is 1.32 bits per heavy atom. The van der Waals surface area contributed by atoms with Crippen LogP contribution in [0.4, 0.5) is 0 Å². The first-order valence-electron chi connectivity index (χ1n) is 8.80. The average Bonchev–Trinajstić information content (AvgIpc) is 3.29. The molecule has 2 fully saturated rings. The van der Waals surface area contributed by atoms with Gasteiger partial charge in [-0.3, -0.25) is 0 Å². The Balaban J connectivity index is -0.0000000293. The summed E-state index contributed by atoms with van der Waals surface area (Å²) in [7, 11) is 0. The molecule has 2 aliphatic carbocycles. The molecule has 2 unspecified atom stereocenters. The number of rotatable bonds is 3. The molecule has 1 aromatic rings. The molecule has 2 aliphatic rings. The normalized spacial score (nSPS) is 16.5. The maximum absolute atomic E-state index is 3.84. The van der Waals surface area contributed by atoms with Crippen LogP contribution in [0.3, 0.4) is 0 Å². The summed E-state index contributed by atoms with van der Waals surface area (Å²) in [6.07, 6.45) is 16.1. The molecule has 0 heterocycles. The number of hydrogen-bond acceptors (Lipinski definition) is 0. The van der Waals surface area contributed by atoms with Crippen LogP contribution in [0.1, 0.15) is 56.9 Å². The second kappa shape index (κ2) is 45.3. The Bertz CT molecular complexity index is 339. The van der Waals surface area contributed by atoms with Crippen molar-refractivity contribution in [3.05, 3.63) is 69.5 Å².